The van der Waals surface area contributed by atoms with Crippen molar-refractivity contribution >= 4 is 5.91 Å². The van der Waals surface area contributed by atoms with E-state index in [2.05, 4.69) is 29.7 Å². The summed E-state index contributed by atoms with van der Waals surface area (Å²) in [5.41, 5.74) is 2.54. The van der Waals surface area contributed by atoms with Crippen molar-refractivity contribution in [2.24, 2.45) is 0 Å². The molecule has 1 atom stereocenters. The van der Waals surface area contributed by atoms with Crippen LogP contribution in [0.1, 0.15) is 30.4 Å². The monoisotopic (exact) mass is 246 g/mol. The topological polar surface area (TPSA) is 41.1 Å². The fourth-order valence-electron chi connectivity index (χ4n) is 2.41. The van der Waals surface area contributed by atoms with Gasteiger partial charge in [0.2, 0.25) is 5.91 Å². The van der Waals surface area contributed by atoms with Crippen LogP contribution in [0.3, 0.4) is 0 Å². The third-order valence-electron chi connectivity index (χ3n) is 3.54. The predicted octanol–water partition coefficient (Wildman–Crippen LogP) is 1.80. The van der Waals surface area contributed by atoms with Gasteiger partial charge >= 0.3 is 0 Å². The van der Waals surface area contributed by atoms with Crippen molar-refractivity contribution in [3.05, 3.63) is 35.4 Å². The minimum absolute atomic E-state index is 0.173. The number of carbonyl (C=O) groups is 1. The number of piperidine rings is 1. The van der Waals surface area contributed by atoms with Crippen molar-refractivity contribution in [3.63, 3.8) is 0 Å². The number of nitrogens with one attached hydrogen (secondary N) is 2. The number of hydrogen-bond donors (Lipinski definition) is 2. The standard InChI is InChI=1S/C15H22N2O/c1-12-5-2-3-6-13(12)8-9-15(18)17-14-7-4-10-16-11-14/h2-3,5-6,14,16H,4,7-11H2,1H3,(H,17,18)/t14-/m1/s1. The molecule has 2 rings (SSSR count). The van der Waals surface area contributed by atoms with E-state index in [1.807, 2.05) is 12.1 Å². The number of carbonyl (C=O) groups excluding carboxylic acids is 1. The number of amides is 1. The van der Waals surface area contributed by atoms with Gasteiger partial charge in [0, 0.05) is 19.0 Å². The lowest BCUT2D eigenvalue weighted by molar-refractivity contribution is -0.121. The Labute approximate surface area is 109 Å². The first kappa shape index (κ1) is 13.1. The normalized spacial score (nSPS) is 19.5. The number of hydrogen-bond acceptors (Lipinski definition) is 2. The zero-order valence-electron chi connectivity index (χ0n) is 11.0. The van der Waals surface area contributed by atoms with Crippen LogP contribution in [0.2, 0.25) is 0 Å². The number of rotatable bonds is 4. The molecule has 2 N–H and O–H groups in total. The van der Waals surface area contributed by atoms with E-state index in [1.54, 1.807) is 0 Å². The Morgan fingerprint density at radius 3 is 3.00 bits per heavy atom. The van der Waals surface area contributed by atoms with Crippen LogP contribution >= 0.6 is 0 Å². The summed E-state index contributed by atoms with van der Waals surface area (Å²) < 4.78 is 0. The van der Waals surface area contributed by atoms with Crippen molar-refractivity contribution in [1.82, 2.24) is 10.6 Å². The van der Waals surface area contributed by atoms with E-state index in [0.29, 0.717) is 12.5 Å². The summed E-state index contributed by atoms with van der Waals surface area (Å²) in [6.45, 7) is 4.09. The summed E-state index contributed by atoms with van der Waals surface area (Å²) in [4.78, 5) is 11.9. The van der Waals surface area contributed by atoms with Gasteiger partial charge in [0.05, 0.1) is 0 Å². The Morgan fingerprint density at radius 1 is 1.44 bits per heavy atom. The minimum atomic E-state index is 0.173. The second-order valence-electron chi connectivity index (χ2n) is 5.04. The fourth-order valence-corrected chi connectivity index (χ4v) is 2.41. The Kier molecular flexibility index (Phi) is 4.76. The van der Waals surface area contributed by atoms with E-state index in [9.17, 15) is 4.79 Å². The SMILES string of the molecule is Cc1ccccc1CCC(=O)N[C@@H]1CCCNC1. The van der Waals surface area contributed by atoms with Gasteiger partial charge in [-0.3, -0.25) is 4.79 Å². The highest BCUT2D eigenvalue weighted by molar-refractivity contribution is 5.76. The lowest BCUT2D eigenvalue weighted by atomic mass is 10.0. The van der Waals surface area contributed by atoms with Crippen LogP contribution < -0.4 is 10.6 Å². The van der Waals surface area contributed by atoms with E-state index in [0.717, 1.165) is 32.4 Å². The lowest BCUT2D eigenvalue weighted by Crippen LogP contribution is -2.45. The van der Waals surface area contributed by atoms with Gasteiger partial charge in [0.25, 0.3) is 0 Å². The molecule has 3 heteroatoms. The Morgan fingerprint density at radius 2 is 2.28 bits per heavy atom. The largest absolute Gasteiger partial charge is 0.352 e. The molecule has 1 saturated heterocycles. The highest BCUT2D eigenvalue weighted by Gasteiger charge is 2.15. The summed E-state index contributed by atoms with van der Waals surface area (Å²) in [5.74, 6) is 0.173. The highest BCUT2D eigenvalue weighted by atomic mass is 16.1. The summed E-state index contributed by atoms with van der Waals surface area (Å²) in [7, 11) is 0. The van der Waals surface area contributed by atoms with Gasteiger partial charge in [-0.25, -0.2) is 0 Å². The molecule has 1 aromatic rings. The van der Waals surface area contributed by atoms with Gasteiger partial charge in [-0.05, 0) is 43.9 Å². The zero-order valence-corrected chi connectivity index (χ0v) is 11.0. The molecule has 0 aliphatic carbocycles. The molecule has 1 heterocycles. The first-order valence-electron chi connectivity index (χ1n) is 6.80. The molecule has 18 heavy (non-hydrogen) atoms. The average molecular weight is 246 g/mol. The molecule has 0 unspecified atom stereocenters. The summed E-state index contributed by atoms with van der Waals surface area (Å²) in [6.07, 6.45) is 3.67. The maximum absolute atomic E-state index is 11.9. The molecule has 1 aliphatic rings. The maximum Gasteiger partial charge on any atom is 0.220 e. The Hall–Kier alpha value is -1.35. The van der Waals surface area contributed by atoms with E-state index in [4.69, 9.17) is 0 Å². The van der Waals surface area contributed by atoms with Crippen molar-refractivity contribution in [1.29, 1.82) is 0 Å². The lowest BCUT2D eigenvalue weighted by Gasteiger charge is -2.23. The molecular weight excluding hydrogens is 224 g/mol. The zero-order chi connectivity index (χ0) is 12.8. The Balaban J connectivity index is 1.76. The molecule has 98 valence electrons. The van der Waals surface area contributed by atoms with Gasteiger partial charge in [-0.1, -0.05) is 24.3 Å². The molecule has 1 aliphatic heterocycles. The summed E-state index contributed by atoms with van der Waals surface area (Å²) in [6, 6.07) is 8.59. The van der Waals surface area contributed by atoms with Gasteiger partial charge in [-0.2, -0.15) is 0 Å². The second kappa shape index (κ2) is 6.55. The van der Waals surface area contributed by atoms with Crippen LogP contribution in [0.15, 0.2) is 24.3 Å². The average Bonchev–Trinajstić information content (AvgIpc) is 2.39. The molecule has 1 aromatic carbocycles. The molecular formula is C15H22N2O. The minimum Gasteiger partial charge on any atom is -0.352 e. The van der Waals surface area contributed by atoms with Gasteiger partial charge in [0.15, 0.2) is 0 Å². The van der Waals surface area contributed by atoms with Crippen LogP contribution in [-0.2, 0) is 11.2 Å². The molecule has 0 radical (unpaired) electrons. The van der Waals surface area contributed by atoms with Crippen LogP contribution in [0.5, 0.6) is 0 Å². The van der Waals surface area contributed by atoms with Crippen LogP contribution in [0.25, 0.3) is 0 Å². The summed E-state index contributed by atoms with van der Waals surface area (Å²) >= 11 is 0. The van der Waals surface area contributed by atoms with Crippen molar-refractivity contribution in [2.45, 2.75) is 38.6 Å². The van der Waals surface area contributed by atoms with Gasteiger partial charge < -0.3 is 10.6 Å². The smallest absolute Gasteiger partial charge is 0.220 e. The molecule has 1 amide bonds. The first-order valence-corrected chi connectivity index (χ1v) is 6.80. The van der Waals surface area contributed by atoms with E-state index in [-0.39, 0.29) is 5.91 Å². The fraction of sp³-hybridized carbons (Fsp3) is 0.533. The van der Waals surface area contributed by atoms with E-state index in [1.165, 1.54) is 11.1 Å². The first-order chi connectivity index (χ1) is 8.75. The van der Waals surface area contributed by atoms with Crippen LogP contribution in [-0.4, -0.2) is 25.0 Å². The number of benzene rings is 1. The van der Waals surface area contributed by atoms with Crippen molar-refractivity contribution < 1.29 is 4.79 Å². The molecule has 0 saturated carbocycles. The molecule has 1 fully saturated rings. The molecule has 3 nitrogen and oxygen atoms in total. The number of aryl methyl sites for hydroxylation is 2. The molecule has 0 aromatic heterocycles. The summed E-state index contributed by atoms with van der Waals surface area (Å²) in [5, 5.41) is 6.42. The third-order valence-corrected chi connectivity index (χ3v) is 3.54. The van der Waals surface area contributed by atoms with Crippen LogP contribution in [0, 0.1) is 6.92 Å². The second-order valence-corrected chi connectivity index (χ2v) is 5.04. The van der Waals surface area contributed by atoms with Crippen molar-refractivity contribution in [2.75, 3.05) is 13.1 Å². The maximum atomic E-state index is 11.9. The highest BCUT2D eigenvalue weighted by Crippen LogP contribution is 2.09. The van der Waals surface area contributed by atoms with Crippen molar-refractivity contribution in [3.8, 4) is 0 Å². The molecule has 0 spiro atoms. The molecule has 0 bridgehead atoms. The third kappa shape index (κ3) is 3.84. The van der Waals surface area contributed by atoms with E-state index < -0.39 is 0 Å². The Bertz CT molecular complexity index is 397. The van der Waals surface area contributed by atoms with E-state index >= 15 is 0 Å². The predicted molar refractivity (Wildman–Crippen MR) is 73.5 cm³/mol. The quantitative estimate of drug-likeness (QED) is 0.850. The van der Waals surface area contributed by atoms with Gasteiger partial charge in [-0.15, -0.1) is 0 Å². The van der Waals surface area contributed by atoms with Gasteiger partial charge in [0.1, 0.15) is 0 Å². The van der Waals surface area contributed by atoms with Crippen LogP contribution in [0.4, 0.5) is 0 Å².